The molecule has 0 N–H and O–H groups in total. The first-order valence-electron chi connectivity index (χ1n) is 9.47. The predicted molar refractivity (Wildman–Crippen MR) is 94.1 cm³/mol. The van der Waals surface area contributed by atoms with Gasteiger partial charge in [-0.15, -0.1) is 0 Å². The molecule has 3 nitrogen and oxygen atoms in total. The van der Waals surface area contributed by atoms with Crippen LogP contribution in [-0.2, 0) is 10.1 Å². The Morgan fingerprint density at radius 2 is 1.04 bits per heavy atom. The zero-order valence-corrected chi connectivity index (χ0v) is 18.6. The average Bonchev–Trinajstić information content (AvgIpc) is 2.46. The fourth-order valence-electron chi connectivity index (χ4n) is 2.94. The van der Waals surface area contributed by atoms with Crippen LogP contribution in [0.25, 0.3) is 0 Å². The topological polar surface area (TPSA) is 57.2 Å². The van der Waals surface area contributed by atoms with Gasteiger partial charge in [-0.1, -0.05) is 97.3 Å². The molecule has 0 fully saturated rings. The molecule has 0 amide bonds. The van der Waals surface area contributed by atoms with Crippen molar-refractivity contribution in [2.24, 2.45) is 0 Å². The van der Waals surface area contributed by atoms with Crippen molar-refractivity contribution < 1.29 is 42.5 Å². The van der Waals surface area contributed by atoms with Crippen LogP contribution in [0, 0.1) is 0 Å². The molecule has 0 aliphatic heterocycles. The van der Waals surface area contributed by atoms with Gasteiger partial charge in [-0.3, -0.25) is 0 Å². The zero-order chi connectivity index (χ0) is 16.7. The molecule has 0 radical (unpaired) electrons. The Bertz CT molecular complexity index is 331. The normalized spacial score (nSPS) is 12.8. The molecular weight excluding hydrogens is 319 g/mol. The quantitative estimate of drug-likeness (QED) is 0.243. The molecule has 0 aromatic heterocycles. The number of rotatable bonds is 16. The van der Waals surface area contributed by atoms with Gasteiger partial charge < -0.3 is 4.55 Å². The smallest absolute Gasteiger partial charge is 0.748 e. The van der Waals surface area contributed by atoms with E-state index in [1.54, 1.807) is 6.92 Å². The molecule has 0 aliphatic rings. The second kappa shape index (κ2) is 17.7. The Hall–Kier alpha value is 0.910. The molecule has 0 aliphatic carbocycles. The van der Waals surface area contributed by atoms with Gasteiger partial charge >= 0.3 is 29.6 Å². The van der Waals surface area contributed by atoms with E-state index in [0.29, 0.717) is 12.8 Å². The summed E-state index contributed by atoms with van der Waals surface area (Å²) >= 11 is 0. The first-order valence-corrected chi connectivity index (χ1v) is 10.9. The van der Waals surface area contributed by atoms with Gasteiger partial charge in [-0.2, -0.15) is 0 Å². The molecule has 134 valence electrons. The van der Waals surface area contributed by atoms with Gasteiger partial charge in [0.15, 0.2) is 0 Å². The largest absolute Gasteiger partial charge is 1.00 e. The van der Waals surface area contributed by atoms with Crippen molar-refractivity contribution in [3.8, 4) is 0 Å². The van der Waals surface area contributed by atoms with Gasteiger partial charge in [0.05, 0.1) is 10.1 Å². The van der Waals surface area contributed by atoms with Crippen LogP contribution in [-0.4, -0.2) is 18.2 Å². The molecule has 0 bridgehead atoms. The molecule has 0 saturated carbocycles. The summed E-state index contributed by atoms with van der Waals surface area (Å²) in [6, 6.07) is 0. The van der Waals surface area contributed by atoms with E-state index in [2.05, 4.69) is 6.92 Å². The maximum atomic E-state index is 11.0. The standard InChI is InChI=1S/C18H38O3S.Na/c1-3-5-6-7-8-9-10-11-12-13-14-15-16-17-18(4-2)22(19,20)21;/h18H,3-17H2,1-2H3,(H,19,20,21);/q;+1/p-1. The number of hydrogen-bond acceptors (Lipinski definition) is 3. The fraction of sp³-hybridized carbons (Fsp3) is 1.00. The van der Waals surface area contributed by atoms with Crippen LogP contribution < -0.4 is 29.6 Å². The monoisotopic (exact) mass is 356 g/mol. The summed E-state index contributed by atoms with van der Waals surface area (Å²) in [5.74, 6) is 0. The van der Waals surface area contributed by atoms with E-state index in [4.69, 9.17) is 0 Å². The van der Waals surface area contributed by atoms with E-state index in [1.807, 2.05) is 0 Å². The van der Waals surface area contributed by atoms with Crippen molar-refractivity contribution in [2.75, 3.05) is 0 Å². The van der Waals surface area contributed by atoms with E-state index >= 15 is 0 Å². The predicted octanol–water partition coefficient (Wildman–Crippen LogP) is 2.80. The van der Waals surface area contributed by atoms with Crippen LogP contribution in [0.5, 0.6) is 0 Å². The molecule has 1 unspecified atom stereocenters. The van der Waals surface area contributed by atoms with Crippen LogP contribution in [0.3, 0.4) is 0 Å². The summed E-state index contributed by atoms with van der Waals surface area (Å²) in [6.45, 7) is 4.03. The summed E-state index contributed by atoms with van der Waals surface area (Å²) in [5, 5.41) is -0.666. The maximum Gasteiger partial charge on any atom is 1.00 e. The Morgan fingerprint density at radius 1 is 0.696 bits per heavy atom. The average molecular weight is 357 g/mol. The van der Waals surface area contributed by atoms with Gasteiger partial charge in [-0.25, -0.2) is 8.42 Å². The minimum absolute atomic E-state index is 0. The summed E-state index contributed by atoms with van der Waals surface area (Å²) in [6.07, 6.45) is 17.6. The van der Waals surface area contributed by atoms with Gasteiger partial charge in [0, 0.05) is 5.25 Å². The van der Waals surface area contributed by atoms with Gasteiger partial charge in [0.1, 0.15) is 0 Å². The van der Waals surface area contributed by atoms with Crippen molar-refractivity contribution in [1.82, 2.24) is 0 Å². The minimum Gasteiger partial charge on any atom is -0.748 e. The molecule has 0 spiro atoms. The first-order chi connectivity index (χ1) is 10.5. The van der Waals surface area contributed by atoms with Gasteiger partial charge in [0.2, 0.25) is 0 Å². The van der Waals surface area contributed by atoms with E-state index < -0.39 is 15.4 Å². The van der Waals surface area contributed by atoms with Crippen LogP contribution in [0.1, 0.15) is 110 Å². The van der Waals surface area contributed by atoms with Gasteiger partial charge in [0.25, 0.3) is 0 Å². The third-order valence-corrected chi connectivity index (χ3v) is 5.88. The van der Waals surface area contributed by atoms with Crippen LogP contribution in [0.15, 0.2) is 0 Å². The zero-order valence-electron chi connectivity index (χ0n) is 15.8. The first kappa shape index (κ1) is 26.1. The Morgan fingerprint density at radius 3 is 1.35 bits per heavy atom. The summed E-state index contributed by atoms with van der Waals surface area (Å²) in [7, 11) is -4.08. The minimum atomic E-state index is -4.08. The van der Waals surface area contributed by atoms with E-state index in [9.17, 15) is 13.0 Å². The molecule has 0 aromatic carbocycles. The second-order valence-electron chi connectivity index (χ2n) is 6.55. The fourth-order valence-corrected chi connectivity index (χ4v) is 3.81. The number of hydrogen-bond donors (Lipinski definition) is 0. The molecule has 0 saturated heterocycles. The van der Waals surface area contributed by atoms with Crippen molar-refractivity contribution >= 4 is 10.1 Å². The molecular formula is C18H37NaO3S. The van der Waals surface area contributed by atoms with Crippen LogP contribution in [0.4, 0.5) is 0 Å². The Labute approximate surface area is 167 Å². The SMILES string of the molecule is CCCCCCCCCCCCCCCC(CC)S(=O)(=O)[O-].[Na+]. The van der Waals surface area contributed by atoms with E-state index in [0.717, 1.165) is 12.8 Å². The van der Waals surface area contributed by atoms with Crippen molar-refractivity contribution in [3.05, 3.63) is 0 Å². The molecule has 0 heterocycles. The van der Waals surface area contributed by atoms with Crippen LogP contribution in [0.2, 0.25) is 0 Å². The number of unbranched alkanes of at least 4 members (excludes halogenated alkanes) is 12. The summed E-state index contributed by atoms with van der Waals surface area (Å²) in [5.41, 5.74) is 0. The molecule has 0 rings (SSSR count). The molecule has 5 heteroatoms. The summed E-state index contributed by atoms with van der Waals surface area (Å²) < 4.78 is 32.9. The van der Waals surface area contributed by atoms with E-state index in [-0.39, 0.29) is 29.6 Å². The van der Waals surface area contributed by atoms with E-state index in [1.165, 1.54) is 70.6 Å². The molecule has 0 aromatic rings. The third kappa shape index (κ3) is 17.5. The molecule has 23 heavy (non-hydrogen) atoms. The van der Waals surface area contributed by atoms with Crippen molar-refractivity contribution in [2.45, 2.75) is 115 Å². The van der Waals surface area contributed by atoms with Crippen molar-refractivity contribution in [3.63, 3.8) is 0 Å². The Balaban J connectivity index is 0. The summed E-state index contributed by atoms with van der Waals surface area (Å²) in [4.78, 5) is 0. The third-order valence-electron chi connectivity index (χ3n) is 4.49. The van der Waals surface area contributed by atoms with Crippen molar-refractivity contribution in [1.29, 1.82) is 0 Å². The molecule has 1 atom stereocenters. The Kier molecular flexibility index (Phi) is 20.1. The second-order valence-corrected chi connectivity index (χ2v) is 8.21. The maximum absolute atomic E-state index is 11.0. The van der Waals surface area contributed by atoms with Gasteiger partial charge in [-0.05, 0) is 12.8 Å². The van der Waals surface area contributed by atoms with Crippen LogP contribution >= 0.6 is 0 Å².